The highest BCUT2D eigenvalue weighted by Crippen LogP contribution is 2.25. The molecule has 0 amide bonds. The highest BCUT2D eigenvalue weighted by atomic mass is 16.5. The average Bonchev–Trinajstić information content (AvgIpc) is 2.68. The predicted molar refractivity (Wildman–Crippen MR) is 107 cm³/mol. The summed E-state index contributed by atoms with van der Waals surface area (Å²) in [5.74, 6) is 2.47. The smallest absolute Gasteiger partial charge is 0.131 e. The highest BCUT2D eigenvalue weighted by molar-refractivity contribution is 5.85. The molecule has 0 heterocycles. The summed E-state index contributed by atoms with van der Waals surface area (Å²) >= 11 is 0. The predicted octanol–water partition coefficient (Wildman–Crippen LogP) is 5.80. The second-order valence-corrected chi connectivity index (χ2v) is 6.06. The largest absolute Gasteiger partial charge is 0.497 e. The molecule has 0 fully saturated rings. The van der Waals surface area contributed by atoms with Gasteiger partial charge >= 0.3 is 0 Å². The topological polar surface area (TPSA) is 40.0 Å². The molecule has 0 saturated carbocycles. The molecule has 0 unspecified atom stereocenters. The van der Waals surface area contributed by atoms with E-state index in [9.17, 15) is 0 Å². The first-order chi connectivity index (χ1) is 12.8. The lowest BCUT2D eigenvalue weighted by atomic mass is 10.2. The van der Waals surface area contributed by atoms with Crippen LogP contribution < -0.4 is 14.2 Å². The maximum absolute atomic E-state index is 5.96. The van der Waals surface area contributed by atoms with Crippen LogP contribution in [0.2, 0.25) is 0 Å². The number of hydrogen-bond acceptors (Lipinski definition) is 4. The fourth-order valence-electron chi connectivity index (χ4n) is 2.31. The fraction of sp³-hybridized carbons (Fsp3) is 0.409. The second-order valence-electron chi connectivity index (χ2n) is 6.06. The van der Waals surface area contributed by atoms with Gasteiger partial charge in [-0.1, -0.05) is 26.7 Å². The van der Waals surface area contributed by atoms with Gasteiger partial charge in [0, 0.05) is 17.8 Å². The third-order valence-corrected chi connectivity index (χ3v) is 3.93. The number of hydrogen-bond donors (Lipinski definition) is 0. The number of nitrogens with zero attached hydrogens (tertiary/aromatic N) is 1. The van der Waals surface area contributed by atoms with Crippen molar-refractivity contribution in [2.24, 2.45) is 4.99 Å². The summed E-state index contributed by atoms with van der Waals surface area (Å²) in [5.41, 5.74) is 1.81. The summed E-state index contributed by atoms with van der Waals surface area (Å²) in [6.45, 7) is 5.73. The van der Waals surface area contributed by atoms with Crippen LogP contribution in [-0.4, -0.2) is 26.5 Å². The molecule has 2 aromatic rings. The van der Waals surface area contributed by atoms with Crippen LogP contribution in [0.1, 0.15) is 45.1 Å². The average molecular weight is 355 g/mol. The molecule has 0 bridgehead atoms. The molecule has 0 aliphatic rings. The highest BCUT2D eigenvalue weighted by Gasteiger charge is 2.05. The SMILES string of the molecule is CCCCOc1ccc(/C=N/c2ccc(OC)cc2)c(OCCCC)c1. The van der Waals surface area contributed by atoms with Gasteiger partial charge in [-0.2, -0.15) is 0 Å². The number of unbranched alkanes of at least 4 members (excludes halogenated alkanes) is 2. The van der Waals surface area contributed by atoms with Crippen LogP contribution >= 0.6 is 0 Å². The zero-order valence-electron chi connectivity index (χ0n) is 16.0. The Kier molecular flexibility index (Phi) is 8.53. The molecule has 0 atom stereocenters. The maximum atomic E-state index is 5.96. The molecular weight excluding hydrogens is 326 g/mol. The zero-order valence-corrected chi connectivity index (χ0v) is 16.0. The first-order valence-corrected chi connectivity index (χ1v) is 9.34. The molecule has 0 saturated heterocycles. The van der Waals surface area contributed by atoms with Gasteiger partial charge in [0.1, 0.15) is 17.2 Å². The van der Waals surface area contributed by atoms with Crippen molar-refractivity contribution in [1.29, 1.82) is 0 Å². The minimum absolute atomic E-state index is 0.693. The van der Waals surface area contributed by atoms with E-state index in [-0.39, 0.29) is 0 Å². The Morgan fingerprint density at radius 2 is 1.50 bits per heavy atom. The standard InChI is InChI=1S/C22H29NO3/c1-4-6-14-25-21-11-8-18(22(16-21)26-15-7-5-2)17-23-19-9-12-20(24-3)13-10-19/h8-13,16-17H,4-7,14-15H2,1-3H3/b23-17+. The van der Waals surface area contributed by atoms with Crippen LogP contribution in [0.15, 0.2) is 47.5 Å². The molecule has 0 radical (unpaired) electrons. The molecule has 0 spiro atoms. The fourth-order valence-corrected chi connectivity index (χ4v) is 2.31. The van der Waals surface area contributed by atoms with E-state index >= 15 is 0 Å². The normalized spacial score (nSPS) is 10.9. The molecule has 0 aliphatic carbocycles. The van der Waals surface area contributed by atoms with Gasteiger partial charge in [-0.3, -0.25) is 4.99 Å². The number of rotatable bonds is 11. The van der Waals surface area contributed by atoms with E-state index in [0.29, 0.717) is 6.61 Å². The Balaban J connectivity index is 2.13. The number of ether oxygens (including phenoxy) is 3. The van der Waals surface area contributed by atoms with Crippen molar-refractivity contribution in [1.82, 2.24) is 0 Å². The van der Waals surface area contributed by atoms with Gasteiger partial charge in [0.25, 0.3) is 0 Å². The molecule has 0 aliphatic heterocycles. The lowest BCUT2D eigenvalue weighted by molar-refractivity contribution is 0.294. The van der Waals surface area contributed by atoms with Gasteiger partial charge in [0.05, 0.1) is 26.0 Å². The van der Waals surface area contributed by atoms with Crippen LogP contribution in [-0.2, 0) is 0 Å². The van der Waals surface area contributed by atoms with E-state index < -0.39 is 0 Å². The summed E-state index contributed by atoms with van der Waals surface area (Å²) in [7, 11) is 1.66. The summed E-state index contributed by atoms with van der Waals surface area (Å²) in [6, 6.07) is 13.6. The molecule has 4 nitrogen and oxygen atoms in total. The van der Waals surface area contributed by atoms with Crippen molar-refractivity contribution in [2.75, 3.05) is 20.3 Å². The molecular formula is C22H29NO3. The number of benzene rings is 2. The van der Waals surface area contributed by atoms with Gasteiger partial charge in [0.2, 0.25) is 0 Å². The van der Waals surface area contributed by atoms with Crippen LogP contribution in [0.25, 0.3) is 0 Å². The monoisotopic (exact) mass is 355 g/mol. The van der Waals surface area contributed by atoms with E-state index in [2.05, 4.69) is 18.8 Å². The van der Waals surface area contributed by atoms with Gasteiger partial charge in [-0.05, 0) is 49.2 Å². The van der Waals surface area contributed by atoms with Crippen molar-refractivity contribution in [2.45, 2.75) is 39.5 Å². The Bertz CT molecular complexity index is 680. The van der Waals surface area contributed by atoms with Crippen molar-refractivity contribution < 1.29 is 14.2 Å². The quantitative estimate of drug-likeness (QED) is 0.377. The Hall–Kier alpha value is -2.49. The molecule has 26 heavy (non-hydrogen) atoms. The maximum Gasteiger partial charge on any atom is 0.131 e. The number of aliphatic imine (C=N–C) groups is 1. The van der Waals surface area contributed by atoms with Crippen LogP contribution in [0.5, 0.6) is 17.2 Å². The number of methoxy groups -OCH3 is 1. The van der Waals surface area contributed by atoms with Crippen LogP contribution in [0.4, 0.5) is 5.69 Å². The third-order valence-electron chi connectivity index (χ3n) is 3.93. The van der Waals surface area contributed by atoms with E-state index in [1.54, 1.807) is 7.11 Å². The molecule has 2 rings (SSSR count). The Labute approximate surface area is 156 Å². The summed E-state index contributed by atoms with van der Waals surface area (Å²) < 4.78 is 16.9. The molecule has 4 heteroatoms. The van der Waals surface area contributed by atoms with E-state index in [0.717, 1.165) is 60.8 Å². The van der Waals surface area contributed by atoms with Crippen molar-refractivity contribution >= 4 is 11.9 Å². The molecule has 0 N–H and O–H groups in total. The summed E-state index contributed by atoms with van der Waals surface area (Å²) in [4.78, 5) is 4.54. The second kappa shape index (κ2) is 11.2. The first kappa shape index (κ1) is 19.8. The zero-order chi connectivity index (χ0) is 18.6. The van der Waals surface area contributed by atoms with Gasteiger partial charge in [-0.25, -0.2) is 0 Å². The lowest BCUT2D eigenvalue weighted by Crippen LogP contribution is -2.02. The third kappa shape index (κ3) is 6.43. The van der Waals surface area contributed by atoms with Gasteiger partial charge in [0.15, 0.2) is 0 Å². The van der Waals surface area contributed by atoms with E-state index in [4.69, 9.17) is 14.2 Å². The first-order valence-electron chi connectivity index (χ1n) is 9.34. The Morgan fingerprint density at radius 3 is 2.15 bits per heavy atom. The van der Waals surface area contributed by atoms with Gasteiger partial charge < -0.3 is 14.2 Å². The van der Waals surface area contributed by atoms with Crippen LogP contribution in [0.3, 0.4) is 0 Å². The van der Waals surface area contributed by atoms with Crippen molar-refractivity contribution in [3.8, 4) is 17.2 Å². The summed E-state index contributed by atoms with van der Waals surface area (Å²) in [5, 5.41) is 0. The van der Waals surface area contributed by atoms with Crippen LogP contribution in [0, 0.1) is 0 Å². The van der Waals surface area contributed by atoms with Crippen molar-refractivity contribution in [3.63, 3.8) is 0 Å². The molecule has 140 valence electrons. The molecule has 2 aromatic carbocycles. The molecule has 0 aromatic heterocycles. The lowest BCUT2D eigenvalue weighted by Gasteiger charge is -2.12. The Morgan fingerprint density at radius 1 is 0.846 bits per heavy atom. The minimum atomic E-state index is 0.693. The van der Waals surface area contributed by atoms with E-state index in [1.165, 1.54) is 0 Å². The van der Waals surface area contributed by atoms with E-state index in [1.807, 2.05) is 48.7 Å². The minimum Gasteiger partial charge on any atom is -0.497 e. The van der Waals surface area contributed by atoms with Gasteiger partial charge in [-0.15, -0.1) is 0 Å². The summed E-state index contributed by atoms with van der Waals surface area (Å²) in [6.07, 6.45) is 6.12. The van der Waals surface area contributed by atoms with Crippen molar-refractivity contribution in [3.05, 3.63) is 48.0 Å².